The molecule has 1 saturated carbocycles. The Morgan fingerprint density at radius 3 is 2.34 bits per heavy atom. The Kier molecular flexibility index (Phi) is 6.34. The molecule has 0 atom stereocenters. The maximum absolute atomic E-state index is 12.7. The number of carbonyl (C=O) groups excluding carboxylic acids is 3. The second kappa shape index (κ2) is 9.03. The number of piperazine rings is 1. The first-order valence-electron chi connectivity index (χ1n) is 11.0. The van der Waals surface area contributed by atoms with Gasteiger partial charge in [-0.2, -0.15) is 4.31 Å². The van der Waals surface area contributed by atoms with Gasteiger partial charge in [0.2, 0.25) is 15.9 Å². The molecule has 0 radical (unpaired) electrons. The Hall–Kier alpha value is -2.72. The number of rotatable bonds is 6. The number of urea groups is 1. The number of sulfonamides is 1. The van der Waals surface area contributed by atoms with Crippen LogP contribution in [0.2, 0.25) is 0 Å². The van der Waals surface area contributed by atoms with E-state index in [1.54, 1.807) is 11.0 Å². The van der Waals surface area contributed by atoms with Gasteiger partial charge >= 0.3 is 6.03 Å². The van der Waals surface area contributed by atoms with Crippen molar-refractivity contribution in [2.24, 2.45) is 0 Å². The number of amides is 4. The van der Waals surface area contributed by atoms with Gasteiger partial charge in [0.15, 0.2) is 0 Å². The molecule has 32 heavy (non-hydrogen) atoms. The molecule has 2 aliphatic heterocycles. The van der Waals surface area contributed by atoms with Crippen LogP contribution < -0.4 is 5.32 Å². The van der Waals surface area contributed by atoms with Gasteiger partial charge in [-0.25, -0.2) is 13.2 Å². The van der Waals surface area contributed by atoms with Crippen molar-refractivity contribution in [2.45, 2.75) is 37.6 Å². The zero-order valence-electron chi connectivity index (χ0n) is 17.9. The third-order valence-corrected chi connectivity index (χ3v) is 8.00. The SMILES string of the molecule is O=C(CCN1C(=O)NC2(CCCC2)C1=O)N1CCN(S(=O)(=O)/C=C/c2ccccc2)CC1. The molecule has 4 rings (SSSR count). The lowest BCUT2D eigenvalue weighted by Crippen LogP contribution is -2.50. The third-order valence-electron chi connectivity index (χ3n) is 6.44. The molecule has 0 aromatic heterocycles. The normalized spacial score (nSPS) is 21.6. The quantitative estimate of drug-likeness (QED) is 0.646. The van der Waals surface area contributed by atoms with Gasteiger partial charge in [0.25, 0.3) is 5.91 Å². The molecular weight excluding hydrogens is 432 g/mol. The first-order chi connectivity index (χ1) is 15.3. The Bertz CT molecular complexity index is 1010. The molecule has 3 aliphatic rings. The minimum atomic E-state index is -3.57. The zero-order chi connectivity index (χ0) is 22.8. The van der Waals surface area contributed by atoms with E-state index in [0.717, 1.165) is 23.3 Å². The zero-order valence-corrected chi connectivity index (χ0v) is 18.7. The molecular formula is C22H28N4O5S. The minimum absolute atomic E-state index is 0.0376. The molecule has 2 heterocycles. The fourth-order valence-electron chi connectivity index (χ4n) is 4.57. The fraction of sp³-hybridized carbons (Fsp3) is 0.500. The first-order valence-corrected chi connectivity index (χ1v) is 12.5. The Labute approximate surface area is 188 Å². The molecule has 0 bridgehead atoms. The standard InChI is InChI=1S/C22H28N4O5S/c27-19(8-12-26-20(28)22(23-21(26)29)10-4-5-11-22)24-13-15-25(16-14-24)32(30,31)17-9-18-6-2-1-3-7-18/h1-3,6-7,9,17H,4-5,8,10-16H2,(H,23,29)/b17-9+. The van der Waals surface area contributed by atoms with Crippen LogP contribution in [-0.4, -0.2) is 78.6 Å². The molecule has 4 amide bonds. The molecule has 1 aromatic carbocycles. The van der Waals surface area contributed by atoms with E-state index in [2.05, 4.69) is 5.32 Å². The first kappa shape index (κ1) is 22.5. The average Bonchev–Trinajstić information content (AvgIpc) is 3.36. The van der Waals surface area contributed by atoms with Gasteiger partial charge < -0.3 is 10.2 Å². The number of carbonyl (C=O) groups is 3. The van der Waals surface area contributed by atoms with E-state index in [9.17, 15) is 22.8 Å². The summed E-state index contributed by atoms with van der Waals surface area (Å²) in [5.74, 6) is -0.413. The number of benzene rings is 1. The summed E-state index contributed by atoms with van der Waals surface area (Å²) in [6.07, 6.45) is 4.71. The maximum atomic E-state index is 12.7. The molecule has 2 saturated heterocycles. The van der Waals surface area contributed by atoms with Crippen LogP contribution >= 0.6 is 0 Å². The van der Waals surface area contributed by atoms with E-state index >= 15 is 0 Å². The lowest BCUT2D eigenvalue weighted by molar-refractivity contribution is -0.134. The monoisotopic (exact) mass is 460 g/mol. The molecule has 1 spiro atoms. The van der Waals surface area contributed by atoms with Crippen molar-refractivity contribution in [3.63, 3.8) is 0 Å². The second-order valence-electron chi connectivity index (χ2n) is 8.46. The number of imide groups is 1. The van der Waals surface area contributed by atoms with Crippen LogP contribution in [0.15, 0.2) is 35.7 Å². The van der Waals surface area contributed by atoms with Gasteiger partial charge in [0, 0.05) is 44.6 Å². The highest BCUT2D eigenvalue weighted by atomic mass is 32.2. The Morgan fingerprint density at radius 2 is 1.69 bits per heavy atom. The van der Waals surface area contributed by atoms with Crippen LogP contribution in [0, 0.1) is 0 Å². The molecule has 1 N–H and O–H groups in total. The molecule has 1 aliphatic carbocycles. The molecule has 10 heteroatoms. The topological polar surface area (TPSA) is 107 Å². The van der Waals surface area contributed by atoms with Gasteiger partial charge in [-0.3, -0.25) is 14.5 Å². The van der Waals surface area contributed by atoms with Gasteiger partial charge in [-0.15, -0.1) is 0 Å². The summed E-state index contributed by atoms with van der Waals surface area (Å²) in [5.41, 5.74) is 0.0256. The van der Waals surface area contributed by atoms with E-state index in [4.69, 9.17) is 0 Å². The largest absolute Gasteiger partial charge is 0.340 e. The lowest BCUT2D eigenvalue weighted by atomic mass is 9.98. The van der Waals surface area contributed by atoms with E-state index in [1.165, 1.54) is 9.71 Å². The van der Waals surface area contributed by atoms with Crippen molar-refractivity contribution >= 4 is 33.9 Å². The van der Waals surface area contributed by atoms with Crippen molar-refractivity contribution in [1.29, 1.82) is 0 Å². The van der Waals surface area contributed by atoms with Gasteiger partial charge in [0.1, 0.15) is 5.54 Å². The summed E-state index contributed by atoms with van der Waals surface area (Å²) >= 11 is 0. The van der Waals surface area contributed by atoms with Crippen LogP contribution in [0.3, 0.4) is 0 Å². The molecule has 172 valence electrons. The molecule has 3 fully saturated rings. The summed E-state index contributed by atoms with van der Waals surface area (Å²) in [6.45, 7) is 1.02. The van der Waals surface area contributed by atoms with Gasteiger partial charge in [-0.1, -0.05) is 43.2 Å². The number of nitrogens with zero attached hydrogens (tertiary/aromatic N) is 3. The van der Waals surface area contributed by atoms with Crippen LogP contribution in [0.5, 0.6) is 0 Å². The molecule has 0 unspecified atom stereocenters. The fourth-order valence-corrected chi connectivity index (χ4v) is 5.74. The van der Waals surface area contributed by atoms with Crippen LogP contribution in [0.4, 0.5) is 4.79 Å². The van der Waals surface area contributed by atoms with Crippen molar-refractivity contribution in [3.8, 4) is 0 Å². The van der Waals surface area contributed by atoms with Crippen molar-refractivity contribution in [2.75, 3.05) is 32.7 Å². The number of hydrogen-bond donors (Lipinski definition) is 1. The highest BCUT2D eigenvalue weighted by Crippen LogP contribution is 2.35. The van der Waals surface area contributed by atoms with E-state index in [1.807, 2.05) is 30.3 Å². The summed E-state index contributed by atoms with van der Waals surface area (Å²) in [4.78, 5) is 40.3. The minimum Gasteiger partial charge on any atom is -0.340 e. The summed E-state index contributed by atoms with van der Waals surface area (Å²) in [7, 11) is -3.57. The predicted octanol–water partition coefficient (Wildman–Crippen LogP) is 1.39. The van der Waals surface area contributed by atoms with Crippen molar-refractivity contribution in [3.05, 3.63) is 41.3 Å². The Morgan fingerprint density at radius 1 is 1.03 bits per heavy atom. The van der Waals surface area contributed by atoms with Gasteiger partial charge in [-0.05, 0) is 24.5 Å². The van der Waals surface area contributed by atoms with E-state index in [0.29, 0.717) is 12.8 Å². The number of hydrogen-bond acceptors (Lipinski definition) is 5. The van der Waals surface area contributed by atoms with Crippen LogP contribution in [-0.2, 0) is 19.6 Å². The predicted molar refractivity (Wildman–Crippen MR) is 119 cm³/mol. The van der Waals surface area contributed by atoms with Crippen LogP contribution in [0.25, 0.3) is 6.08 Å². The summed E-state index contributed by atoms with van der Waals surface area (Å²) < 4.78 is 26.5. The second-order valence-corrected chi connectivity index (χ2v) is 10.3. The van der Waals surface area contributed by atoms with E-state index in [-0.39, 0.29) is 51.0 Å². The molecule has 9 nitrogen and oxygen atoms in total. The Balaban J connectivity index is 1.27. The smallest absolute Gasteiger partial charge is 0.325 e. The third kappa shape index (κ3) is 4.56. The summed E-state index contributed by atoms with van der Waals surface area (Å²) in [5, 5.41) is 4.00. The van der Waals surface area contributed by atoms with Gasteiger partial charge in [0.05, 0.1) is 0 Å². The van der Waals surface area contributed by atoms with Crippen molar-refractivity contribution < 1.29 is 22.8 Å². The highest BCUT2D eigenvalue weighted by Gasteiger charge is 2.52. The van der Waals surface area contributed by atoms with Crippen molar-refractivity contribution in [1.82, 2.24) is 19.4 Å². The van der Waals surface area contributed by atoms with Crippen LogP contribution in [0.1, 0.15) is 37.7 Å². The summed E-state index contributed by atoms with van der Waals surface area (Å²) in [6, 6.07) is 8.75. The lowest BCUT2D eigenvalue weighted by Gasteiger charge is -2.33. The average molecular weight is 461 g/mol. The number of nitrogens with one attached hydrogen (secondary N) is 1. The van der Waals surface area contributed by atoms with E-state index < -0.39 is 21.6 Å². The highest BCUT2D eigenvalue weighted by molar-refractivity contribution is 7.92. The maximum Gasteiger partial charge on any atom is 0.325 e. The molecule has 1 aromatic rings.